The summed E-state index contributed by atoms with van der Waals surface area (Å²) in [6.45, 7) is 7.07. The van der Waals surface area contributed by atoms with Crippen LogP contribution in [0.3, 0.4) is 0 Å². The molecule has 78 valence electrons. The van der Waals surface area contributed by atoms with E-state index < -0.39 is 0 Å². The van der Waals surface area contributed by atoms with Gasteiger partial charge in [-0.2, -0.15) is 0 Å². The second-order valence-electron chi connectivity index (χ2n) is 5.18. The molecule has 0 aliphatic heterocycles. The standard InChI is InChI=1S/C13H26/c1-4-5-6-7-12-8-9-13(10-12)11(2)3/h11-13H,4-10H2,1-3H3. The van der Waals surface area contributed by atoms with Gasteiger partial charge in [0.2, 0.25) is 0 Å². The van der Waals surface area contributed by atoms with Gasteiger partial charge in [-0.05, 0) is 30.6 Å². The van der Waals surface area contributed by atoms with Gasteiger partial charge in [-0.1, -0.05) is 52.9 Å². The maximum atomic E-state index is 2.39. The van der Waals surface area contributed by atoms with Crippen LogP contribution in [0.25, 0.3) is 0 Å². The molecule has 1 aliphatic rings. The highest BCUT2D eigenvalue weighted by molar-refractivity contribution is 4.77. The van der Waals surface area contributed by atoms with Crippen LogP contribution in [0.15, 0.2) is 0 Å². The second kappa shape index (κ2) is 5.67. The highest BCUT2D eigenvalue weighted by Gasteiger charge is 2.25. The molecular formula is C13H26. The van der Waals surface area contributed by atoms with E-state index in [4.69, 9.17) is 0 Å². The smallest absolute Gasteiger partial charge is 0.0388 e. The minimum Gasteiger partial charge on any atom is -0.0654 e. The first-order chi connectivity index (χ1) is 6.24. The molecule has 0 saturated heterocycles. The van der Waals surface area contributed by atoms with Crippen molar-refractivity contribution >= 4 is 0 Å². The first-order valence-corrected chi connectivity index (χ1v) is 6.24. The van der Waals surface area contributed by atoms with Crippen LogP contribution in [0.2, 0.25) is 0 Å². The molecule has 0 spiro atoms. The van der Waals surface area contributed by atoms with E-state index in [0.29, 0.717) is 0 Å². The van der Waals surface area contributed by atoms with E-state index in [9.17, 15) is 0 Å². The highest BCUT2D eigenvalue weighted by Crippen LogP contribution is 2.37. The summed E-state index contributed by atoms with van der Waals surface area (Å²) in [5.41, 5.74) is 0. The number of hydrogen-bond donors (Lipinski definition) is 0. The van der Waals surface area contributed by atoms with E-state index in [2.05, 4.69) is 20.8 Å². The Morgan fingerprint density at radius 3 is 2.46 bits per heavy atom. The third-order valence-electron chi connectivity index (χ3n) is 3.74. The van der Waals surface area contributed by atoms with Crippen LogP contribution < -0.4 is 0 Å². The van der Waals surface area contributed by atoms with Crippen molar-refractivity contribution in [1.82, 2.24) is 0 Å². The maximum absolute atomic E-state index is 2.39. The van der Waals surface area contributed by atoms with Crippen LogP contribution in [0.5, 0.6) is 0 Å². The summed E-state index contributed by atoms with van der Waals surface area (Å²) in [7, 11) is 0. The van der Waals surface area contributed by atoms with Crippen molar-refractivity contribution < 1.29 is 0 Å². The fourth-order valence-electron chi connectivity index (χ4n) is 2.66. The SMILES string of the molecule is CCCCCC1CCC(C(C)C)C1. The van der Waals surface area contributed by atoms with E-state index in [1.165, 1.54) is 44.9 Å². The molecule has 1 saturated carbocycles. The predicted octanol–water partition coefficient (Wildman–Crippen LogP) is 4.64. The Bertz CT molecular complexity index is 126. The zero-order valence-corrected chi connectivity index (χ0v) is 9.68. The molecular weight excluding hydrogens is 156 g/mol. The van der Waals surface area contributed by atoms with Crippen LogP contribution >= 0.6 is 0 Å². The van der Waals surface area contributed by atoms with E-state index >= 15 is 0 Å². The van der Waals surface area contributed by atoms with Crippen LogP contribution in [0.4, 0.5) is 0 Å². The minimum atomic E-state index is 0.927. The zero-order valence-electron chi connectivity index (χ0n) is 9.68. The summed E-state index contributed by atoms with van der Waals surface area (Å²) in [6, 6.07) is 0. The molecule has 1 aliphatic carbocycles. The van der Waals surface area contributed by atoms with Gasteiger partial charge in [-0.25, -0.2) is 0 Å². The molecule has 0 radical (unpaired) electrons. The summed E-state index contributed by atoms with van der Waals surface area (Å²) in [6.07, 6.45) is 10.4. The summed E-state index contributed by atoms with van der Waals surface area (Å²) in [4.78, 5) is 0. The third-order valence-corrected chi connectivity index (χ3v) is 3.74. The number of rotatable bonds is 5. The Labute approximate surface area is 84.1 Å². The molecule has 0 amide bonds. The van der Waals surface area contributed by atoms with Crippen molar-refractivity contribution in [3.8, 4) is 0 Å². The van der Waals surface area contributed by atoms with E-state index in [0.717, 1.165) is 17.8 Å². The van der Waals surface area contributed by atoms with Gasteiger partial charge in [0, 0.05) is 0 Å². The number of hydrogen-bond acceptors (Lipinski definition) is 0. The molecule has 0 bridgehead atoms. The van der Waals surface area contributed by atoms with Gasteiger partial charge < -0.3 is 0 Å². The first kappa shape index (κ1) is 11.1. The monoisotopic (exact) mass is 182 g/mol. The first-order valence-electron chi connectivity index (χ1n) is 6.24. The van der Waals surface area contributed by atoms with E-state index in [1.54, 1.807) is 0 Å². The summed E-state index contributed by atoms with van der Waals surface area (Å²) >= 11 is 0. The molecule has 2 atom stereocenters. The Balaban J connectivity index is 2.10. The topological polar surface area (TPSA) is 0 Å². The van der Waals surface area contributed by atoms with E-state index in [1.807, 2.05) is 0 Å². The molecule has 0 N–H and O–H groups in total. The Kier molecular flexibility index (Phi) is 4.83. The van der Waals surface area contributed by atoms with Gasteiger partial charge in [-0.3, -0.25) is 0 Å². The molecule has 0 nitrogen and oxygen atoms in total. The average Bonchev–Trinajstić information content (AvgIpc) is 2.53. The highest BCUT2D eigenvalue weighted by atomic mass is 14.3. The van der Waals surface area contributed by atoms with Crippen molar-refractivity contribution in [2.24, 2.45) is 17.8 Å². The fourth-order valence-corrected chi connectivity index (χ4v) is 2.66. The lowest BCUT2D eigenvalue weighted by Crippen LogP contribution is -2.04. The number of unbranched alkanes of at least 4 members (excludes halogenated alkanes) is 2. The van der Waals surface area contributed by atoms with Gasteiger partial charge in [-0.15, -0.1) is 0 Å². The predicted molar refractivity (Wildman–Crippen MR) is 59.8 cm³/mol. The lowest BCUT2D eigenvalue weighted by Gasteiger charge is -2.14. The second-order valence-corrected chi connectivity index (χ2v) is 5.18. The molecule has 0 heteroatoms. The van der Waals surface area contributed by atoms with Gasteiger partial charge in [0.15, 0.2) is 0 Å². The van der Waals surface area contributed by atoms with Gasteiger partial charge >= 0.3 is 0 Å². The Morgan fingerprint density at radius 1 is 1.15 bits per heavy atom. The fraction of sp³-hybridized carbons (Fsp3) is 1.00. The van der Waals surface area contributed by atoms with Gasteiger partial charge in [0.05, 0.1) is 0 Å². The third kappa shape index (κ3) is 3.70. The lowest BCUT2D eigenvalue weighted by molar-refractivity contribution is 0.368. The van der Waals surface area contributed by atoms with Crippen molar-refractivity contribution in [3.05, 3.63) is 0 Å². The van der Waals surface area contributed by atoms with Crippen molar-refractivity contribution in [1.29, 1.82) is 0 Å². The molecule has 13 heavy (non-hydrogen) atoms. The van der Waals surface area contributed by atoms with Crippen molar-refractivity contribution in [2.75, 3.05) is 0 Å². The lowest BCUT2D eigenvalue weighted by atomic mass is 9.92. The van der Waals surface area contributed by atoms with Crippen molar-refractivity contribution in [3.63, 3.8) is 0 Å². The molecule has 0 aromatic rings. The Morgan fingerprint density at radius 2 is 1.92 bits per heavy atom. The largest absolute Gasteiger partial charge is 0.0654 e. The van der Waals surface area contributed by atoms with Crippen LogP contribution in [0, 0.1) is 17.8 Å². The summed E-state index contributed by atoms with van der Waals surface area (Å²) in [5, 5.41) is 0. The molecule has 2 unspecified atom stereocenters. The Hall–Kier alpha value is 0. The van der Waals surface area contributed by atoms with Gasteiger partial charge in [0.25, 0.3) is 0 Å². The van der Waals surface area contributed by atoms with E-state index in [-0.39, 0.29) is 0 Å². The molecule has 0 heterocycles. The minimum absolute atomic E-state index is 0.927. The molecule has 0 aromatic heterocycles. The average molecular weight is 182 g/mol. The van der Waals surface area contributed by atoms with Gasteiger partial charge in [0.1, 0.15) is 0 Å². The summed E-state index contributed by atoms with van der Waals surface area (Å²) in [5.74, 6) is 3.06. The van der Waals surface area contributed by atoms with Crippen molar-refractivity contribution in [2.45, 2.75) is 65.7 Å². The quantitative estimate of drug-likeness (QED) is 0.543. The zero-order chi connectivity index (χ0) is 9.68. The van der Waals surface area contributed by atoms with Crippen LogP contribution in [0.1, 0.15) is 65.7 Å². The maximum Gasteiger partial charge on any atom is -0.0388 e. The molecule has 1 fully saturated rings. The van der Waals surface area contributed by atoms with Crippen LogP contribution in [-0.4, -0.2) is 0 Å². The van der Waals surface area contributed by atoms with Crippen LogP contribution in [-0.2, 0) is 0 Å². The molecule has 0 aromatic carbocycles. The summed E-state index contributed by atoms with van der Waals surface area (Å²) < 4.78 is 0. The normalized spacial score (nSPS) is 28.6. The molecule has 1 rings (SSSR count).